The van der Waals surface area contributed by atoms with Gasteiger partial charge in [-0.2, -0.15) is 0 Å². The third-order valence-corrected chi connectivity index (χ3v) is 8.36. The molecule has 1 amide bonds. The summed E-state index contributed by atoms with van der Waals surface area (Å²) in [7, 11) is -3.04. The topological polar surface area (TPSA) is 92.3 Å². The van der Waals surface area contributed by atoms with Gasteiger partial charge in [0.15, 0.2) is 15.0 Å². The highest BCUT2D eigenvalue weighted by molar-refractivity contribution is 7.99. The monoisotopic (exact) mass is 468 g/mol. The molecule has 1 aliphatic carbocycles. The molecule has 2 fully saturated rings. The van der Waals surface area contributed by atoms with Gasteiger partial charge in [-0.25, -0.2) is 18.4 Å². The molecule has 1 N–H and O–H groups in total. The number of amides is 1. The van der Waals surface area contributed by atoms with Crippen LogP contribution in [-0.4, -0.2) is 58.5 Å². The summed E-state index contributed by atoms with van der Waals surface area (Å²) in [5, 5.41) is 4.78. The maximum absolute atomic E-state index is 13.1. The summed E-state index contributed by atoms with van der Waals surface area (Å²) in [6.45, 7) is 0. The number of carbonyl (C=O) groups is 1. The normalized spacial score (nSPS) is 19.7. The van der Waals surface area contributed by atoms with Gasteiger partial charge in [-0.05, 0) is 43.5 Å². The quantitative estimate of drug-likeness (QED) is 0.418. The third kappa shape index (κ3) is 4.73. The van der Waals surface area contributed by atoms with Crippen LogP contribution in [0.15, 0.2) is 59.8 Å². The molecule has 9 heteroatoms. The Balaban J connectivity index is 1.35. The summed E-state index contributed by atoms with van der Waals surface area (Å²) in [5.41, 5.74) is 1.72. The molecule has 1 aromatic heterocycles. The number of anilines is 2. The second kappa shape index (κ2) is 8.71. The van der Waals surface area contributed by atoms with Crippen molar-refractivity contribution in [2.24, 2.45) is 0 Å². The van der Waals surface area contributed by atoms with E-state index in [1.54, 1.807) is 0 Å². The van der Waals surface area contributed by atoms with E-state index in [4.69, 9.17) is 0 Å². The Kier molecular flexibility index (Phi) is 5.77. The summed E-state index contributed by atoms with van der Waals surface area (Å²) >= 11 is 1.30. The van der Waals surface area contributed by atoms with E-state index in [0.717, 1.165) is 29.4 Å². The fourth-order valence-electron chi connectivity index (χ4n) is 4.13. The highest BCUT2D eigenvalue weighted by Gasteiger charge is 2.41. The second-order valence-electron chi connectivity index (χ2n) is 8.24. The summed E-state index contributed by atoms with van der Waals surface area (Å²) in [6.07, 6.45) is 2.43. The molecule has 3 aromatic rings. The van der Waals surface area contributed by atoms with Gasteiger partial charge >= 0.3 is 0 Å². The average Bonchev–Trinajstić information content (AvgIpc) is 3.55. The van der Waals surface area contributed by atoms with Crippen molar-refractivity contribution in [3.8, 4) is 0 Å². The van der Waals surface area contributed by atoms with Crippen molar-refractivity contribution < 1.29 is 13.2 Å². The number of nitrogens with one attached hydrogen (secondary N) is 1. The van der Waals surface area contributed by atoms with Crippen LogP contribution < -0.4 is 5.32 Å². The van der Waals surface area contributed by atoms with Crippen LogP contribution in [0.1, 0.15) is 19.3 Å². The Morgan fingerprint density at radius 3 is 2.47 bits per heavy atom. The number of hydrogen-bond acceptors (Lipinski definition) is 7. The van der Waals surface area contributed by atoms with E-state index in [2.05, 4.69) is 15.3 Å². The van der Waals surface area contributed by atoms with Crippen molar-refractivity contribution in [2.45, 2.75) is 36.5 Å². The Morgan fingerprint density at radius 1 is 1.00 bits per heavy atom. The van der Waals surface area contributed by atoms with Gasteiger partial charge in [0.05, 0.1) is 22.8 Å². The molecule has 1 atom stereocenters. The van der Waals surface area contributed by atoms with E-state index in [1.165, 1.54) is 11.8 Å². The van der Waals surface area contributed by atoms with Gasteiger partial charge in [-0.15, -0.1) is 0 Å². The molecule has 2 aromatic carbocycles. The molecule has 2 heterocycles. The molecule has 0 radical (unpaired) electrons. The van der Waals surface area contributed by atoms with E-state index >= 15 is 0 Å². The Hall–Kier alpha value is -2.65. The van der Waals surface area contributed by atoms with Crippen LogP contribution in [0, 0.1) is 0 Å². The molecule has 32 heavy (non-hydrogen) atoms. The number of para-hydroxylation sites is 2. The number of fused-ring (bicyclic) bond motifs is 1. The molecule has 1 saturated heterocycles. The fraction of sp³-hybridized carbons (Fsp3) is 0.348. The minimum atomic E-state index is -3.04. The van der Waals surface area contributed by atoms with E-state index < -0.39 is 9.84 Å². The number of rotatable bonds is 7. The molecular weight excluding hydrogens is 444 g/mol. The fourth-order valence-corrected chi connectivity index (χ4v) is 6.56. The zero-order chi connectivity index (χ0) is 22.1. The number of nitrogens with zero attached hydrogens (tertiary/aromatic N) is 3. The van der Waals surface area contributed by atoms with Crippen molar-refractivity contribution >= 4 is 49.9 Å². The van der Waals surface area contributed by atoms with E-state index in [1.807, 2.05) is 59.5 Å². The number of benzene rings is 2. The number of hydrogen-bond donors (Lipinski definition) is 1. The van der Waals surface area contributed by atoms with Crippen molar-refractivity contribution in [3.63, 3.8) is 0 Å². The average molecular weight is 469 g/mol. The molecule has 7 nitrogen and oxygen atoms in total. The number of thioether (sulfide) groups is 1. The van der Waals surface area contributed by atoms with Gasteiger partial charge in [0, 0.05) is 23.2 Å². The molecule has 1 unspecified atom stereocenters. The van der Waals surface area contributed by atoms with Gasteiger partial charge in [-0.1, -0.05) is 42.1 Å². The van der Waals surface area contributed by atoms with Gasteiger partial charge in [0.1, 0.15) is 5.82 Å². The van der Waals surface area contributed by atoms with E-state index in [9.17, 15) is 13.2 Å². The van der Waals surface area contributed by atoms with Crippen molar-refractivity contribution in [1.29, 1.82) is 0 Å². The van der Waals surface area contributed by atoms with Gasteiger partial charge in [0.25, 0.3) is 0 Å². The maximum Gasteiger partial charge on any atom is 0.233 e. The number of carbonyl (C=O) groups excluding carboxylic acids is 1. The first-order valence-electron chi connectivity index (χ1n) is 10.7. The lowest BCUT2D eigenvalue weighted by Crippen LogP contribution is -2.43. The van der Waals surface area contributed by atoms with Gasteiger partial charge in [0.2, 0.25) is 5.91 Å². The summed E-state index contributed by atoms with van der Waals surface area (Å²) < 4.78 is 23.9. The van der Waals surface area contributed by atoms with Crippen LogP contribution in [0.5, 0.6) is 0 Å². The first kappa shape index (κ1) is 21.2. The van der Waals surface area contributed by atoms with Crippen LogP contribution in [0.3, 0.4) is 0 Å². The molecule has 5 rings (SSSR count). The number of aromatic nitrogens is 2. The van der Waals surface area contributed by atoms with Crippen molar-refractivity contribution in [2.75, 3.05) is 22.6 Å². The van der Waals surface area contributed by atoms with Gasteiger partial charge in [-0.3, -0.25) is 4.79 Å². The first-order valence-corrected chi connectivity index (χ1v) is 13.5. The highest BCUT2D eigenvalue weighted by Crippen LogP contribution is 2.33. The smallest absolute Gasteiger partial charge is 0.233 e. The zero-order valence-electron chi connectivity index (χ0n) is 17.5. The predicted molar refractivity (Wildman–Crippen MR) is 127 cm³/mol. The highest BCUT2D eigenvalue weighted by atomic mass is 32.2. The Bertz CT molecular complexity index is 1250. The Morgan fingerprint density at radius 2 is 1.75 bits per heavy atom. The van der Waals surface area contributed by atoms with Crippen LogP contribution in [0.4, 0.5) is 11.5 Å². The van der Waals surface area contributed by atoms with Crippen molar-refractivity contribution in [1.82, 2.24) is 14.9 Å². The molecule has 166 valence electrons. The van der Waals surface area contributed by atoms with Crippen LogP contribution >= 0.6 is 11.8 Å². The van der Waals surface area contributed by atoms with Crippen LogP contribution in [0.2, 0.25) is 0 Å². The standard InChI is InChI=1S/C23H24N4O3S2/c28-21(27(17-10-11-17)18-12-13-32(29,30)15-18)14-31-23-25-20-9-5-4-8-19(20)22(26-23)24-16-6-2-1-3-7-16/h1-9,17-18H,10-15H2,(H,24,25,26). The lowest BCUT2D eigenvalue weighted by molar-refractivity contribution is -0.130. The molecule has 1 aliphatic heterocycles. The maximum atomic E-state index is 13.1. The second-order valence-corrected chi connectivity index (χ2v) is 11.4. The lowest BCUT2D eigenvalue weighted by atomic mass is 10.2. The minimum absolute atomic E-state index is 0.0334. The molecule has 2 aliphatic rings. The van der Waals surface area contributed by atoms with Crippen LogP contribution in [0.25, 0.3) is 10.9 Å². The number of sulfone groups is 1. The first-order chi connectivity index (χ1) is 15.5. The lowest BCUT2D eigenvalue weighted by Gasteiger charge is -2.28. The molecular formula is C23H24N4O3S2. The summed E-state index contributed by atoms with van der Waals surface area (Å²) in [5.74, 6) is 1.10. The zero-order valence-corrected chi connectivity index (χ0v) is 19.1. The largest absolute Gasteiger partial charge is 0.340 e. The van der Waals surface area contributed by atoms with Gasteiger partial charge < -0.3 is 10.2 Å². The Labute approximate surface area is 191 Å². The van der Waals surface area contributed by atoms with Crippen molar-refractivity contribution in [3.05, 3.63) is 54.6 Å². The summed E-state index contributed by atoms with van der Waals surface area (Å²) in [6, 6.07) is 17.5. The SMILES string of the molecule is O=C(CSc1nc(Nc2ccccc2)c2ccccc2n1)N(C1CC1)C1CCS(=O)(=O)C1. The molecule has 0 spiro atoms. The third-order valence-electron chi connectivity index (χ3n) is 5.77. The molecule has 0 bridgehead atoms. The van der Waals surface area contributed by atoms with E-state index in [-0.39, 0.29) is 35.2 Å². The van der Waals surface area contributed by atoms with Crippen LogP contribution in [-0.2, 0) is 14.6 Å². The predicted octanol–water partition coefficient (Wildman–Crippen LogP) is 3.64. The molecule has 1 saturated carbocycles. The van der Waals surface area contributed by atoms with E-state index in [0.29, 0.717) is 17.4 Å². The summed E-state index contributed by atoms with van der Waals surface area (Å²) in [4.78, 5) is 24.2. The minimum Gasteiger partial charge on any atom is -0.340 e.